The van der Waals surface area contributed by atoms with Gasteiger partial charge in [0, 0.05) is 34.0 Å². The summed E-state index contributed by atoms with van der Waals surface area (Å²) in [6.07, 6.45) is 3.93. The van der Waals surface area contributed by atoms with Crippen molar-refractivity contribution in [2.24, 2.45) is 0 Å². The van der Waals surface area contributed by atoms with Gasteiger partial charge < -0.3 is 10.0 Å². The molecule has 0 amide bonds. The maximum absolute atomic E-state index is 9.39. The molecule has 0 saturated heterocycles. The van der Waals surface area contributed by atoms with E-state index in [-0.39, 0.29) is 6.61 Å². The van der Waals surface area contributed by atoms with Crippen LogP contribution in [-0.2, 0) is 0 Å². The molecule has 20 heavy (non-hydrogen) atoms. The average Bonchev–Trinajstić information content (AvgIpc) is 2.47. The number of aliphatic hydroxyl groups is 1. The first kappa shape index (κ1) is 15.3. The Morgan fingerprint density at radius 3 is 2.60 bits per heavy atom. The second-order valence-electron chi connectivity index (χ2n) is 4.86. The van der Waals surface area contributed by atoms with Crippen molar-refractivity contribution in [1.29, 1.82) is 0 Å². The van der Waals surface area contributed by atoms with Crippen LogP contribution >= 0.6 is 15.9 Å². The van der Waals surface area contributed by atoms with E-state index >= 15 is 0 Å². The SMILES string of the molecule is CCC(CC)N(CCO)c1nccc2c(Br)cccc12. The zero-order valence-electron chi connectivity index (χ0n) is 12.0. The Hall–Kier alpha value is -1.13. The van der Waals surface area contributed by atoms with E-state index in [0.29, 0.717) is 12.6 Å². The molecule has 0 saturated carbocycles. The Kier molecular flexibility index (Phi) is 5.38. The summed E-state index contributed by atoms with van der Waals surface area (Å²) < 4.78 is 1.08. The molecule has 0 aliphatic carbocycles. The fourth-order valence-electron chi connectivity index (χ4n) is 2.68. The van der Waals surface area contributed by atoms with Crippen LogP contribution in [0.2, 0.25) is 0 Å². The molecule has 3 nitrogen and oxygen atoms in total. The number of anilines is 1. The number of aromatic nitrogens is 1. The molecule has 0 aliphatic heterocycles. The van der Waals surface area contributed by atoms with Crippen molar-refractivity contribution >= 4 is 32.5 Å². The second-order valence-corrected chi connectivity index (χ2v) is 5.71. The Labute approximate surface area is 128 Å². The molecular formula is C16H21BrN2O. The summed E-state index contributed by atoms with van der Waals surface area (Å²) in [6, 6.07) is 8.59. The number of nitrogens with zero attached hydrogens (tertiary/aromatic N) is 2. The van der Waals surface area contributed by atoms with Crippen LogP contribution in [0.5, 0.6) is 0 Å². The Balaban J connectivity index is 2.55. The van der Waals surface area contributed by atoms with Crippen molar-refractivity contribution in [2.75, 3.05) is 18.1 Å². The highest BCUT2D eigenvalue weighted by molar-refractivity contribution is 9.10. The van der Waals surface area contributed by atoms with Crippen LogP contribution in [0.1, 0.15) is 26.7 Å². The number of hydrogen-bond donors (Lipinski definition) is 1. The standard InChI is InChI=1S/C16H21BrN2O/c1-3-12(4-2)19(10-11-20)16-14-6-5-7-15(17)13(14)8-9-18-16/h5-9,12,20H,3-4,10-11H2,1-2H3. The van der Waals surface area contributed by atoms with Gasteiger partial charge in [0.2, 0.25) is 0 Å². The summed E-state index contributed by atoms with van der Waals surface area (Å²) in [7, 11) is 0. The van der Waals surface area contributed by atoms with E-state index in [0.717, 1.165) is 33.9 Å². The zero-order chi connectivity index (χ0) is 14.5. The molecule has 0 spiro atoms. The summed E-state index contributed by atoms with van der Waals surface area (Å²) in [5, 5.41) is 11.7. The van der Waals surface area contributed by atoms with E-state index in [2.05, 4.69) is 45.7 Å². The molecular weight excluding hydrogens is 316 g/mol. The van der Waals surface area contributed by atoms with E-state index < -0.39 is 0 Å². The lowest BCUT2D eigenvalue weighted by Gasteiger charge is -2.32. The van der Waals surface area contributed by atoms with Gasteiger partial charge in [-0.25, -0.2) is 4.98 Å². The maximum atomic E-state index is 9.39. The molecule has 1 aromatic carbocycles. The third kappa shape index (κ3) is 2.96. The summed E-state index contributed by atoms with van der Waals surface area (Å²) >= 11 is 3.59. The highest BCUT2D eigenvalue weighted by Gasteiger charge is 2.18. The lowest BCUT2D eigenvalue weighted by molar-refractivity contribution is 0.295. The molecule has 2 rings (SSSR count). The first-order valence-corrected chi connectivity index (χ1v) is 7.92. The Morgan fingerprint density at radius 1 is 1.20 bits per heavy atom. The van der Waals surface area contributed by atoms with Crippen LogP contribution in [0.4, 0.5) is 5.82 Å². The van der Waals surface area contributed by atoms with Gasteiger partial charge >= 0.3 is 0 Å². The largest absolute Gasteiger partial charge is 0.395 e. The smallest absolute Gasteiger partial charge is 0.136 e. The fourth-order valence-corrected chi connectivity index (χ4v) is 3.18. The zero-order valence-corrected chi connectivity index (χ0v) is 13.6. The van der Waals surface area contributed by atoms with Crippen molar-refractivity contribution in [3.8, 4) is 0 Å². The summed E-state index contributed by atoms with van der Waals surface area (Å²) in [5.41, 5.74) is 0. The molecule has 4 heteroatoms. The third-order valence-electron chi connectivity index (χ3n) is 3.73. The number of benzene rings is 1. The van der Waals surface area contributed by atoms with Crippen LogP contribution < -0.4 is 4.90 Å². The van der Waals surface area contributed by atoms with Gasteiger partial charge in [-0.1, -0.05) is 41.9 Å². The first-order chi connectivity index (χ1) is 9.72. The minimum atomic E-state index is 0.141. The number of halogens is 1. The number of pyridine rings is 1. The van der Waals surface area contributed by atoms with Crippen molar-refractivity contribution in [1.82, 2.24) is 4.98 Å². The first-order valence-electron chi connectivity index (χ1n) is 7.13. The minimum Gasteiger partial charge on any atom is -0.395 e. The van der Waals surface area contributed by atoms with Gasteiger partial charge in [0.05, 0.1) is 6.61 Å². The van der Waals surface area contributed by atoms with Crippen LogP contribution in [0.3, 0.4) is 0 Å². The van der Waals surface area contributed by atoms with Crippen molar-refractivity contribution in [2.45, 2.75) is 32.7 Å². The molecule has 0 unspecified atom stereocenters. The third-order valence-corrected chi connectivity index (χ3v) is 4.42. The fraction of sp³-hybridized carbons (Fsp3) is 0.438. The Morgan fingerprint density at radius 2 is 1.95 bits per heavy atom. The molecule has 108 valence electrons. The minimum absolute atomic E-state index is 0.141. The maximum Gasteiger partial charge on any atom is 0.136 e. The number of fused-ring (bicyclic) bond motifs is 1. The van der Waals surface area contributed by atoms with E-state index in [1.165, 1.54) is 0 Å². The molecule has 0 bridgehead atoms. The highest BCUT2D eigenvalue weighted by atomic mass is 79.9. The Bertz CT molecular complexity index is 569. The average molecular weight is 337 g/mol. The predicted octanol–water partition coefficient (Wildman–Crippen LogP) is 3.98. The van der Waals surface area contributed by atoms with E-state index in [1.54, 1.807) is 0 Å². The van der Waals surface area contributed by atoms with Gasteiger partial charge in [-0.2, -0.15) is 0 Å². The molecule has 0 fully saturated rings. The summed E-state index contributed by atoms with van der Waals surface area (Å²) in [5.74, 6) is 0.964. The monoisotopic (exact) mass is 336 g/mol. The predicted molar refractivity (Wildman–Crippen MR) is 88.2 cm³/mol. The van der Waals surface area contributed by atoms with Gasteiger partial charge in [0.25, 0.3) is 0 Å². The van der Waals surface area contributed by atoms with Crippen LogP contribution in [-0.4, -0.2) is 29.3 Å². The van der Waals surface area contributed by atoms with E-state index in [9.17, 15) is 5.11 Å². The molecule has 1 N–H and O–H groups in total. The lowest BCUT2D eigenvalue weighted by Crippen LogP contribution is -2.37. The molecule has 0 radical (unpaired) electrons. The highest BCUT2D eigenvalue weighted by Crippen LogP contribution is 2.31. The second kappa shape index (κ2) is 7.04. The van der Waals surface area contributed by atoms with Crippen LogP contribution in [0.25, 0.3) is 10.8 Å². The van der Waals surface area contributed by atoms with Crippen molar-refractivity contribution in [3.63, 3.8) is 0 Å². The molecule has 0 aliphatic rings. The number of hydrogen-bond acceptors (Lipinski definition) is 3. The van der Waals surface area contributed by atoms with E-state index in [4.69, 9.17) is 0 Å². The number of rotatable bonds is 6. The van der Waals surface area contributed by atoms with Gasteiger partial charge in [-0.3, -0.25) is 0 Å². The molecule has 2 aromatic rings. The normalized spacial score (nSPS) is 11.2. The lowest BCUT2D eigenvalue weighted by atomic mass is 10.1. The quantitative estimate of drug-likeness (QED) is 0.866. The van der Waals surface area contributed by atoms with Crippen LogP contribution in [0.15, 0.2) is 34.9 Å². The van der Waals surface area contributed by atoms with E-state index in [1.807, 2.05) is 24.4 Å². The summed E-state index contributed by atoms with van der Waals surface area (Å²) in [4.78, 5) is 6.81. The number of aliphatic hydroxyl groups excluding tert-OH is 1. The summed E-state index contributed by atoms with van der Waals surface area (Å²) in [6.45, 7) is 5.12. The van der Waals surface area contributed by atoms with Crippen LogP contribution in [0, 0.1) is 0 Å². The van der Waals surface area contributed by atoms with Gasteiger partial charge in [-0.15, -0.1) is 0 Å². The van der Waals surface area contributed by atoms with Gasteiger partial charge in [0.1, 0.15) is 5.82 Å². The molecule has 1 aromatic heterocycles. The molecule has 1 heterocycles. The van der Waals surface area contributed by atoms with Gasteiger partial charge in [-0.05, 0) is 25.0 Å². The van der Waals surface area contributed by atoms with Gasteiger partial charge in [0.15, 0.2) is 0 Å². The topological polar surface area (TPSA) is 36.4 Å². The van der Waals surface area contributed by atoms with Crippen molar-refractivity contribution in [3.05, 3.63) is 34.9 Å². The van der Waals surface area contributed by atoms with Crippen molar-refractivity contribution < 1.29 is 5.11 Å². The molecule has 0 atom stereocenters.